The quantitative estimate of drug-likeness (QED) is 0.726. The first-order valence-corrected chi connectivity index (χ1v) is 3.81. The molecule has 0 atom stereocenters. The number of carboxylic acids is 1. The lowest BCUT2D eigenvalue weighted by atomic mass is 10.1. The minimum atomic E-state index is -2.60. The third-order valence-electron chi connectivity index (χ3n) is 1.50. The van der Waals surface area contributed by atoms with Gasteiger partial charge in [0.2, 0.25) is 0 Å². The number of rotatable bonds is 2. The third kappa shape index (κ3) is 2.18. The molecule has 0 aliphatic heterocycles. The molecule has 0 fully saturated rings. The van der Waals surface area contributed by atoms with Gasteiger partial charge in [0.05, 0.1) is 5.56 Å². The van der Waals surface area contributed by atoms with Crippen molar-refractivity contribution in [2.45, 2.75) is 11.3 Å². The molecule has 0 saturated carbocycles. The van der Waals surface area contributed by atoms with Crippen LogP contribution in [0.5, 0.6) is 0 Å². The van der Waals surface area contributed by atoms with Crippen molar-refractivity contribution >= 4 is 18.6 Å². The van der Waals surface area contributed by atoms with Gasteiger partial charge in [0.15, 0.2) is 0 Å². The van der Waals surface area contributed by atoms with E-state index in [4.69, 9.17) is 5.11 Å². The Kier molecular flexibility index (Phi) is 2.87. The van der Waals surface area contributed by atoms with Crippen LogP contribution in [-0.2, 0) is 0 Å². The summed E-state index contributed by atoms with van der Waals surface area (Å²) in [6.45, 7) is 0. The Labute approximate surface area is 78.6 Å². The van der Waals surface area contributed by atoms with Gasteiger partial charge >= 0.3 is 5.97 Å². The largest absolute Gasteiger partial charge is 0.478 e. The SMILES string of the molecule is O=C(O)c1ccc(C(F)F)cc1S. The zero-order valence-electron chi connectivity index (χ0n) is 6.37. The van der Waals surface area contributed by atoms with E-state index in [1.54, 1.807) is 0 Å². The second kappa shape index (κ2) is 3.74. The highest BCUT2D eigenvalue weighted by Gasteiger charge is 2.12. The Morgan fingerprint density at radius 3 is 2.46 bits per heavy atom. The van der Waals surface area contributed by atoms with Gasteiger partial charge in [-0.1, -0.05) is 6.07 Å². The molecular weight excluding hydrogens is 198 g/mol. The fourth-order valence-corrected chi connectivity index (χ4v) is 1.18. The van der Waals surface area contributed by atoms with E-state index in [2.05, 4.69) is 12.6 Å². The van der Waals surface area contributed by atoms with E-state index in [9.17, 15) is 13.6 Å². The van der Waals surface area contributed by atoms with Crippen LogP contribution >= 0.6 is 12.6 Å². The second-order valence-electron chi connectivity index (χ2n) is 2.38. The summed E-state index contributed by atoms with van der Waals surface area (Å²) in [7, 11) is 0. The number of hydrogen-bond donors (Lipinski definition) is 2. The fraction of sp³-hybridized carbons (Fsp3) is 0.125. The van der Waals surface area contributed by atoms with Gasteiger partial charge in [-0.25, -0.2) is 13.6 Å². The average Bonchev–Trinajstić information content (AvgIpc) is 2.03. The molecule has 0 unspecified atom stereocenters. The maximum atomic E-state index is 12.1. The van der Waals surface area contributed by atoms with Crippen LogP contribution in [0.1, 0.15) is 22.3 Å². The molecule has 0 spiro atoms. The van der Waals surface area contributed by atoms with Crippen molar-refractivity contribution in [2.75, 3.05) is 0 Å². The third-order valence-corrected chi connectivity index (χ3v) is 1.87. The highest BCUT2D eigenvalue weighted by atomic mass is 32.1. The van der Waals surface area contributed by atoms with Crippen LogP contribution in [-0.4, -0.2) is 11.1 Å². The zero-order chi connectivity index (χ0) is 10.0. The number of halogens is 2. The molecule has 0 saturated heterocycles. The highest BCUT2D eigenvalue weighted by Crippen LogP contribution is 2.23. The summed E-state index contributed by atoms with van der Waals surface area (Å²) in [5, 5.41) is 8.56. The van der Waals surface area contributed by atoms with E-state index in [1.165, 1.54) is 0 Å². The first-order chi connectivity index (χ1) is 6.02. The maximum absolute atomic E-state index is 12.1. The smallest absolute Gasteiger partial charge is 0.336 e. The summed E-state index contributed by atoms with van der Waals surface area (Å²) in [6.07, 6.45) is -2.60. The van der Waals surface area contributed by atoms with Gasteiger partial charge in [-0.3, -0.25) is 0 Å². The van der Waals surface area contributed by atoms with Crippen LogP contribution in [0.15, 0.2) is 23.1 Å². The van der Waals surface area contributed by atoms with Crippen molar-refractivity contribution in [2.24, 2.45) is 0 Å². The summed E-state index contributed by atoms with van der Waals surface area (Å²) in [5.41, 5.74) is -0.303. The molecule has 2 nitrogen and oxygen atoms in total. The van der Waals surface area contributed by atoms with E-state index in [-0.39, 0.29) is 16.0 Å². The van der Waals surface area contributed by atoms with Crippen LogP contribution in [0, 0.1) is 0 Å². The molecule has 0 radical (unpaired) electrons. The lowest BCUT2D eigenvalue weighted by molar-refractivity contribution is 0.0692. The Hall–Kier alpha value is -1.10. The summed E-state index contributed by atoms with van der Waals surface area (Å²) in [6, 6.07) is 3.25. The minimum absolute atomic E-state index is 0.0466. The monoisotopic (exact) mass is 204 g/mol. The average molecular weight is 204 g/mol. The summed E-state index contributed by atoms with van der Waals surface area (Å²) >= 11 is 3.79. The van der Waals surface area contributed by atoms with Crippen LogP contribution < -0.4 is 0 Å². The Bertz CT molecular complexity index is 339. The molecule has 13 heavy (non-hydrogen) atoms. The Morgan fingerprint density at radius 1 is 1.46 bits per heavy atom. The lowest BCUT2D eigenvalue weighted by Gasteiger charge is -2.03. The van der Waals surface area contributed by atoms with Crippen molar-refractivity contribution in [3.8, 4) is 0 Å². The van der Waals surface area contributed by atoms with E-state index in [0.717, 1.165) is 18.2 Å². The molecule has 0 bridgehead atoms. The van der Waals surface area contributed by atoms with Crippen LogP contribution in [0.3, 0.4) is 0 Å². The molecule has 0 aliphatic carbocycles. The van der Waals surface area contributed by atoms with E-state index >= 15 is 0 Å². The van der Waals surface area contributed by atoms with Gasteiger partial charge < -0.3 is 5.11 Å². The van der Waals surface area contributed by atoms with E-state index < -0.39 is 12.4 Å². The molecule has 0 amide bonds. The molecule has 0 heterocycles. The van der Waals surface area contributed by atoms with Crippen LogP contribution in [0.2, 0.25) is 0 Å². The predicted molar refractivity (Wildman–Crippen MR) is 45.6 cm³/mol. The topological polar surface area (TPSA) is 37.3 Å². The normalized spacial score (nSPS) is 10.5. The molecule has 0 aliphatic rings. The van der Waals surface area contributed by atoms with Crippen molar-refractivity contribution < 1.29 is 18.7 Å². The first-order valence-electron chi connectivity index (χ1n) is 3.36. The van der Waals surface area contributed by atoms with Gasteiger partial charge in [-0.15, -0.1) is 12.6 Å². The van der Waals surface area contributed by atoms with Gasteiger partial charge in [0, 0.05) is 10.5 Å². The zero-order valence-corrected chi connectivity index (χ0v) is 7.26. The fourth-order valence-electron chi connectivity index (χ4n) is 0.865. The number of carboxylic acid groups (broad SMARTS) is 1. The standard InChI is InChI=1S/C8H6F2O2S/c9-7(10)4-1-2-5(8(11)12)6(13)3-4/h1-3,7,13H,(H,11,12). The highest BCUT2D eigenvalue weighted by molar-refractivity contribution is 7.80. The van der Waals surface area contributed by atoms with Gasteiger partial charge in [-0.05, 0) is 12.1 Å². The summed E-state index contributed by atoms with van der Waals surface area (Å²) in [5.74, 6) is -1.18. The maximum Gasteiger partial charge on any atom is 0.336 e. The summed E-state index contributed by atoms with van der Waals surface area (Å²) < 4.78 is 24.2. The number of carbonyl (C=O) groups is 1. The number of thiol groups is 1. The van der Waals surface area contributed by atoms with Crippen molar-refractivity contribution in [3.05, 3.63) is 29.3 Å². The molecular formula is C8H6F2O2S. The molecule has 0 aromatic heterocycles. The van der Waals surface area contributed by atoms with Gasteiger partial charge in [0.1, 0.15) is 0 Å². The predicted octanol–water partition coefficient (Wildman–Crippen LogP) is 2.61. The molecule has 1 rings (SSSR count). The van der Waals surface area contributed by atoms with Crippen molar-refractivity contribution in [1.29, 1.82) is 0 Å². The Morgan fingerprint density at radius 2 is 2.08 bits per heavy atom. The van der Waals surface area contributed by atoms with E-state index in [1.807, 2.05) is 0 Å². The number of alkyl halides is 2. The number of hydrogen-bond acceptors (Lipinski definition) is 2. The summed E-state index contributed by atoms with van der Waals surface area (Å²) in [4.78, 5) is 10.5. The molecule has 1 aromatic rings. The molecule has 5 heteroatoms. The Balaban J connectivity index is 3.13. The number of aromatic carboxylic acids is 1. The molecule has 1 aromatic carbocycles. The molecule has 70 valence electrons. The lowest BCUT2D eigenvalue weighted by Crippen LogP contribution is -1.98. The first kappa shape index (κ1) is 9.98. The van der Waals surface area contributed by atoms with Crippen LogP contribution in [0.4, 0.5) is 8.78 Å². The van der Waals surface area contributed by atoms with Gasteiger partial charge in [0.25, 0.3) is 6.43 Å². The van der Waals surface area contributed by atoms with Gasteiger partial charge in [-0.2, -0.15) is 0 Å². The van der Waals surface area contributed by atoms with Crippen LogP contribution in [0.25, 0.3) is 0 Å². The van der Waals surface area contributed by atoms with Crippen molar-refractivity contribution in [3.63, 3.8) is 0 Å². The minimum Gasteiger partial charge on any atom is -0.478 e. The molecule has 1 N–H and O–H groups in total. The van der Waals surface area contributed by atoms with Crippen molar-refractivity contribution in [1.82, 2.24) is 0 Å². The second-order valence-corrected chi connectivity index (χ2v) is 2.86. The number of benzene rings is 1. The van der Waals surface area contributed by atoms with E-state index in [0.29, 0.717) is 0 Å².